The average molecular weight is 158 g/mol. The topological polar surface area (TPSA) is 35.5 Å². The van der Waals surface area contributed by atoms with Gasteiger partial charge in [0.15, 0.2) is 5.78 Å². The van der Waals surface area contributed by atoms with Crippen LogP contribution in [0.25, 0.3) is 0 Å². The van der Waals surface area contributed by atoms with Gasteiger partial charge in [-0.2, -0.15) is 0 Å². The zero-order valence-corrected chi connectivity index (χ0v) is 7.38. The molecule has 0 aliphatic carbocycles. The highest BCUT2D eigenvalue weighted by atomic mass is 16.8. The zero-order chi connectivity index (χ0) is 8.65. The van der Waals surface area contributed by atoms with Crippen LogP contribution in [0.5, 0.6) is 0 Å². The molecule has 1 aliphatic heterocycles. The molecule has 1 fully saturated rings. The molecule has 1 rings (SSSR count). The van der Waals surface area contributed by atoms with E-state index in [0.29, 0.717) is 0 Å². The summed E-state index contributed by atoms with van der Waals surface area (Å²) in [4.78, 5) is 11.0. The number of ketones is 1. The van der Waals surface area contributed by atoms with Gasteiger partial charge in [-0.1, -0.05) is 0 Å². The van der Waals surface area contributed by atoms with E-state index in [9.17, 15) is 4.79 Å². The number of Topliss-reactive ketones (excluding diaryl/α,β-unsaturated/α-hetero) is 1. The van der Waals surface area contributed by atoms with E-state index in [2.05, 4.69) is 0 Å². The van der Waals surface area contributed by atoms with Gasteiger partial charge < -0.3 is 9.47 Å². The fourth-order valence-electron chi connectivity index (χ4n) is 1.09. The van der Waals surface area contributed by atoms with Crippen molar-refractivity contribution in [1.82, 2.24) is 0 Å². The fourth-order valence-corrected chi connectivity index (χ4v) is 1.09. The molecule has 0 aromatic heterocycles. The third kappa shape index (κ3) is 1.44. The summed E-state index contributed by atoms with van der Waals surface area (Å²) in [5.74, 6) is -1.08. The minimum atomic E-state index is -1.00. The highest BCUT2D eigenvalue weighted by Gasteiger charge is 2.43. The summed E-state index contributed by atoms with van der Waals surface area (Å²) >= 11 is 0. The first-order valence-electron chi connectivity index (χ1n) is 3.82. The van der Waals surface area contributed by atoms with Crippen LogP contribution in [0.15, 0.2) is 0 Å². The third-order valence-electron chi connectivity index (χ3n) is 2.12. The van der Waals surface area contributed by atoms with Gasteiger partial charge >= 0.3 is 0 Å². The predicted molar refractivity (Wildman–Crippen MR) is 40.2 cm³/mol. The van der Waals surface area contributed by atoms with E-state index in [4.69, 9.17) is 9.47 Å². The molecule has 0 N–H and O–H groups in total. The number of ether oxygens (including phenoxy) is 2. The van der Waals surface area contributed by atoms with Gasteiger partial charge in [-0.25, -0.2) is 0 Å². The Kier molecular flexibility index (Phi) is 2.03. The highest BCUT2D eigenvalue weighted by molar-refractivity contribution is 5.83. The lowest BCUT2D eigenvalue weighted by atomic mass is 10.2. The molecule has 64 valence electrons. The van der Waals surface area contributed by atoms with Crippen LogP contribution in [-0.4, -0.2) is 23.8 Å². The summed E-state index contributed by atoms with van der Waals surface area (Å²) in [5, 5.41) is 0. The Balaban J connectivity index is 2.71. The largest absolute Gasteiger partial charge is 0.338 e. The third-order valence-corrected chi connectivity index (χ3v) is 2.12. The van der Waals surface area contributed by atoms with Gasteiger partial charge in [-0.3, -0.25) is 4.79 Å². The second-order valence-electron chi connectivity index (χ2n) is 3.15. The summed E-state index contributed by atoms with van der Waals surface area (Å²) in [6, 6.07) is 0. The monoisotopic (exact) mass is 158 g/mol. The zero-order valence-electron chi connectivity index (χ0n) is 7.38. The fraction of sp³-hybridized carbons (Fsp3) is 0.875. The van der Waals surface area contributed by atoms with Gasteiger partial charge in [-0.05, 0) is 20.8 Å². The number of hydrogen-bond donors (Lipinski definition) is 0. The number of carbonyl (C=O) groups is 1. The molecule has 1 aliphatic rings. The van der Waals surface area contributed by atoms with Crippen LogP contribution < -0.4 is 0 Å². The molecule has 0 aromatic rings. The Morgan fingerprint density at radius 3 is 1.82 bits per heavy atom. The van der Waals surface area contributed by atoms with Crippen molar-refractivity contribution >= 4 is 5.78 Å². The van der Waals surface area contributed by atoms with Gasteiger partial charge in [0.25, 0.3) is 0 Å². The molecule has 0 spiro atoms. The van der Waals surface area contributed by atoms with E-state index in [1.54, 1.807) is 6.92 Å². The molecule has 0 amide bonds. The molecular formula is C8H14O3. The van der Waals surface area contributed by atoms with Crippen LogP contribution in [0, 0.1) is 0 Å². The number of carbonyl (C=O) groups excluding carboxylic acids is 1. The van der Waals surface area contributed by atoms with E-state index in [-0.39, 0.29) is 18.0 Å². The van der Waals surface area contributed by atoms with Crippen molar-refractivity contribution in [2.75, 3.05) is 0 Å². The normalized spacial score (nSPS) is 44.4. The maximum Gasteiger partial charge on any atom is 0.226 e. The van der Waals surface area contributed by atoms with E-state index in [1.165, 1.54) is 6.92 Å². The van der Waals surface area contributed by atoms with Gasteiger partial charge in [0.1, 0.15) is 0 Å². The lowest BCUT2D eigenvalue weighted by molar-refractivity contribution is -0.178. The molecule has 0 radical (unpaired) electrons. The second kappa shape index (κ2) is 2.57. The van der Waals surface area contributed by atoms with Crippen molar-refractivity contribution in [2.24, 2.45) is 0 Å². The van der Waals surface area contributed by atoms with Crippen molar-refractivity contribution in [3.05, 3.63) is 0 Å². The molecular weight excluding hydrogens is 144 g/mol. The maximum atomic E-state index is 11.0. The van der Waals surface area contributed by atoms with Gasteiger partial charge in [-0.15, -0.1) is 0 Å². The first kappa shape index (κ1) is 8.68. The van der Waals surface area contributed by atoms with Crippen molar-refractivity contribution in [1.29, 1.82) is 0 Å². The molecule has 3 heteroatoms. The summed E-state index contributed by atoms with van der Waals surface area (Å²) in [6.45, 7) is 6.94. The Hall–Kier alpha value is -0.410. The highest BCUT2D eigenvalue weighted by Crippen LogP contribution is 2.28. The Labute approximate surface area is 66.7 Å². The quantitative estimate of drug-likeness (QED) is 0.573. The Bertz CT molecular complexity index is 166. The van der Waals surface area contributed by atoms with E-state index >= 15 is 0 Å². The van der Waals surface area contributed by atoms with E-state index in [1.807, 2.05) is 13.8 Å². The molecule has 0 aromatic carbocycles. The van der Waals surface area contributed by atoms with Crippen molar-refractivity contribution < 1.29 is 14.3 Å². The minimum Gasteiger partial charge on any atom is -0.338 e. The van der Waals surface area contributed by atoms with Crippen molar-refractivity contribution in [3.8, 4) is 0 Å². The lowest BCUT2D eigenvalue weighted by Crippen LogP contribution is -2.35. The summed E-state index contributed by atoms with van der Waals surface area (Å²) in [6.07, 6.45) is 0.00722. The van der Waals surface area contributed by atoms with Crippen molar-refractivity contribution in [2.45, 2.75) is 45.7 Å². The smallest absolute Gasteiger partial charge is 0.226 e. The lowest BCUT2D eigenvalue weighted by Gasteiger charge is -2.18. The second-order valence-corrected chi connectivity index (χ2v) is 3.15. The average Bonchev–Trinajstić information content (AvgIpc) is 2.09. The maximum absolute atomic E-state index is 11.0. The SMILES string of the molecule is CC(=O)C1(C)OC(C)C(C)O1. The van der Waals surface area contributed by atoms with Crippen molar-refractivity contribution in [3.63, 3.8) is 0 Å². The van der Waals surface area contributed by atoms with E-state index in [0.717, 1.165) is 0 Å². The minimum absolute atomic E-state index is 0.00361. The predicted octanol–water partition coefficient (Wildman–Crippen LogP) is 1.12. The van der Waals surface area contributed by atoms with Crippen LogP contribution in [0.2, 0.25) is 0 Å². The molecule has 11 heavy (non-hydrogen) atoms. The molecule has 0 saturated carbocycles. The molecule has 1 heterocycles. The molecule has 2 unspecified atom stereocenters. The number of rotatable bonds is 1. The Morgan fingerprint density at radius 2 is 1.64 bits per heavy atom. The molecule has 1 saturated heterocycles. The number of hydrogen-bond acceptors (Lipinski definition) is 3. The molecule has 2 atom stereocenters. The summed E-state index contributed by atoms with van der Waals surface area (Å²) < 4.78 is 10.7. The van der Waals surface area contributed by atoms with Crippen LogP contribution >= 0.6 is 0 Å². The van der Waals surface area contributed by atoms with Crippen LogP contribution in [-0.2, 0) is 14.3 Å². The van der Waals surface area contributed by atoms with Gasteiger partial charge in [0.2, 0.25) is 5.79 Å². The molecule has 3 nitrogen and oxygen atoms in total. The first-order valence-corrected chi connectivity index (χ1v) is 3.82. The first-order chi connectivity index (χ1) is 4.96. The Morgan fingerprint density at radius 1 is 1.27 bits per heavy atom. The van der Waals surface area contributed by atoms with Crippen LogP contribution in [0.4, 0.5) is 0 Å². The van der Waals surface area contributed by atoms with Crippen LogP contribution in [0.3, 0.4) is 0 Å². The van der Waals surface area contributed by atoms with Gasteiger partial charge in [0.05, 0.1) is 12.2 Å². The van der Waals surface area contributed by atoms with Gasteiger partial charge in [0, 0.05) is 6.92 Å². The van der Waals surface area contributed by atoms with Crippen LogP contribution in [0.1, 0.15) is 27.7 Å². The summed E-state index contributed by atoms with van der Waals surface area (Å²) in [7, 11) is 0. The molecule has 0 bridgehead atoms. The summed E-state index contributed by atoms with van der Waals surface area (Å²) in [5.41, 5.74) is 0. The standard InChI is InChI=1S/C8H14O3/c1-5-6(2)11-8(4,10-5)7(3)9/h5-6H,1-4H3. The van der Waals surface area contributed by atoms with E-state index < -0.39 is 5.79 Å².